The summed E-state index contributed by atoms with van der Waals surface area (Å²) in [6, 6.07) is 7.49. The van der Waals surface area contributed by atoms with E-state index in [9.17, 15) is 4.79 Å². The van der Waals surface area contributed by atoms with Gasteiger partial charge in [-0.3, -0.25) is 4.79 Å². The van der Waals surface area contributed by atoms with Crippen molar-refractivity contribution >= 4 is 24.3 Å². The maximum absolute atomic E-state index is 11.8. The Hall–Kier alpha value is -2.21. The van der Waals surface area contributed by atoms with Gasteiger partial charge in [0.25, 0.3) is 0 Å². The van der Waals surface area contributed by atoms with Crippen molar-refractivity contribution in [3.05, 3.63) is 41.7 Å². The molecule has 0 saturated heterocycles. The molecule has 6 nitrogen and oxygen atoms in total. The van der Waals surface area contributed by atoms with Crippen LogP contribution < -0.4 is 15.8 Å². The number of aromatic amines is 1. The lowest BCUT2D eigenvalue weighted by atomic mass is 10.1. The van der Waals surface area contributed by atoms with Gasteiger partial charge in [-0.05, 0) is 30.5 Å². The van der Waals surface area contributed by atoms with Gasteiger partial charge in [0.1, 0.15) is 5.75 Å². The number of benzene rings is 1. The fraction of sp³-hybridized carbons (Fsp3) is 0.333. The van der Waals surface area contributed by atoms with Crippen molar-refractivity contribution in [1.82, 2.24) is 15.3 Å². The van der Waals surface area contributed by atoms with Crippen LogP contribution in [0.1, 0.15) is 17.7 Å². The molecule has 1 aromatic heterocycles. The van der Waals surface area contributed by atoms with Gasteiger partial charge in [-0.2, -0.15) is 0 Å². The van der Waals surface area contributed by atoms with E-state index in [1.807, 2.05) is 24.3 Å². The summed E-state index contributed by atoms with van der Waals surface area (Å²) in [5.74, 6) is 1.23. The number of H-pyrrole nitrogens is 1. The Labute approximate surface area is 135 Å². The SMILES string of the molecule is COc1ccc(CC(=O)NCCCc2cnc(N)[nH]2)cc1.Cl. The van der Waals surface area contributed by atoms with Crippen molar-refractivity contribution in [2.24, 2.45) is 0 Å². The normalized spacial score (nSPS) is 9.86. The maximum Gasteiger partial charge on any atom is 0.224 e. The molecule has 0 unspecified atom stereocenters. The van der Waals surface area contributed by atoms with Crippen LogP contribution in [0.2, 0.25) is 0 Å². The first-order chi connectivity index (χ1) is 10.2. The molecule has 1 aromatic carbocycles. The Bertz CT molecular complexity index is 583. The number of halogens is 1. The van der Waals surface area contributed by atoms with Gasteiger partial charge < -0.3 is 20.8 Å². The lowest BCUT2D eigenvalue weighted by molar-refractivity contribution is -0.120. The van der Waals surface area contributed by atoms with Gasteiger partial charge in [-0.15, -0.1) is 12.4 Å². The molecule has 0 aliphatic rings. The number of imidazole rings is 1. The number of hydrogen-bond donors (Lipinski definition) is 3. The molecule has 2 aromatic rings. The van der Waals surface area contributed by atoms with Crippen LogP contribution in [0.15, 0.2) is 30.5 Å². The molecular formula is C15H21ClN4O2. The highest BCUT2D eigenvalue weighted by molar-refractivity contribution is 5.85. The summed E-state index contributed by atoms with van der Waals surface area (Å²) < 4.78 is 5.08. The Morgan fingerprint density at radius 1 is 1.36 bits per heavy atom. The monoisotopic (exact) mass is 324 g/mol. The van der Waals surface area contributed by atoms with Crippen LogP contribution in [0.25, 0.3) is 0 Å². The number of anilines is 1. The van der Waals surface area contributed by atoms with E-state index < -0.39 is 0 Å². The Morgan fingerprint density at radius 2 is 2.09 bits per heavy atom. The molecule has 2 rings (SSSR count). The number of nitrogens with two attached hydrogens (primary N) is 1. The predicted molar refractivity (Wildman–Crippen MR) is 88.3 cm³/mol. The molecule has 4 N–H and O–H groups in total. The van der Waals surface area contributed by atoms with E-state index >= 15 is 0 Å². The van der Waals surface area contributed by atoms with Crippen molar-refractivity contribution in [3.63, 3.8) is 0 Å². The number of ether oxygens (including phenoxy) is 1. The summed E-state index contributed by atoms with van der Waals surface area (Å²) in [6.45, 7) is 0.633. The van der Waals surface area contributed by atoms with Crippen LogP contribution >= 0.6 is 12.4 Å². The van der Waals surface area contributed by atoms with E-state index in [4.69, 9.17) is 10.5 Å². The molecule has 7 heteroatoms. The number of nitrogens with zero attached hydrogens (tertiary/aromatic N) is 1. The number of amides is 1. The number of rotatable bonds is 7. The zero-order valence-electron chi connectivity index (χ0n) is 12.5. The van der Waals surface area contributed by atoms with Crippen LogP contribution in [0.3, 0.4) is 0 Å². The summed E-state index contributed by atoms with van der Waals surface area (Å²) >= 11 is 0. The summed E-state index contributed by atoms with van der Waals surface area (Å²) in [7, 11) is 1.62. The van der Waals surface area contributed by atoms with Crippen LogP contribution in [0, 0.1) is 0 Å². The molecule has 0 aliphatic heterocycles. The van der Waals surface area contributed by atoms with Gasteiger partial charge in [-0.1, -0.05) is 12.1 Å². The van der Waals surface area contributed by atoms with E-state index in [0.717, 1.165) is 29.8 Å². The van der Waals surface area contributed by atoms with Crippen molar-refractivity contribution in [2.45, 2.75) is 19.3 Å². The number of nitrogen functional groups attached to an aromatic ring is 1. The van der Waals surface area contributed by atoms with Crippen LogP contribution in [0.4, 0.5) is 5.95 Å². The van der Waals surface area contributed by atoms with Gasteiger partial charge >= 0.3 is 0 Å². The molecule has 1 amide bonds. The van der Waals surface area contributed by atoms with Gasteiger partial charge in [0.05, 0.1) is 19.7 Å². The van der Waals surface area contributed by atoms with Gasteiger partial charge in [0, 0.05) is 12.2 Å². The molecule has 0 atom stereocenters. The average Bonchev–Trinajstić information content (AvgIpc) is 2.90. The lowest BCUT2D eigenvalue weighted by Gasteiger charge is -2.05. The topological polar surface area (TPSA) is 93.0 Å². The summed E-state index contributed by atoms with van der Waals surface area (Å²) in [5.41, 5.74) is 7.44. The lowest BCUT2D eigenvalue weighted by Crippen LogP contribution is -2.26. The van der Waals surface area contributed by atoms with E-state index in [-0.39, 0.29) is 18.3 Å². The Morgan fingerprint density at radius 3 is 2.68 bits per heavy atom. The second kappa shape index (κ2) is 8.94. The van der Waals surface area contributed by atoms with Crippen LogP contribution in [-0.4, -0.2) is 29.5 Å². The molecule has 0 bridgehead atoms. The summed E-state index contributed by atoms with van der Waals surface area (Å²) in [5, 5.41) is 2.90. The first-order valence-electron chi connectivity index (χ1n) is 6.86. The second-order valence-electron chi connectivity index (χ2n) is 4.77. The van der Waals surface area contributed by atoms with Gasteiger partial charge in [0.15, 0.2) is 5.95 Å². The fourth-order valence-electron chi connectivity index (χ4n) is 2.00. The predicted octanol–water partition coefficient (Wildman–Crippen LogP) is 1.71. The standard InChI is InChI=1S/C15H20N4O2.ClH/c1-21-13-6-4-11(5-7-13)9-14(20)17-8-2-3-12-10-18-15(16)19-12;/h4-7,10H,2-3,8-9H2,1H3,(H,17,20)(H3,16,18,19);1H. The quantitative estimate of drug-likeness (QED) is 0.676. The molecule has 0 spiro atoms. The molecule has 22 heavy (non-hydrogen) atoms. The van der Waals surface area contributed by atoms with E-state index in [1.165, 1.54) is 0 Å². The van der Waals surface area contributed by atoms with Crippen molar-refractivity contribution < 1.29 is 9.53 Å². The van der Waals surface area contributed by atoms with Crippen LogP contribution in [0.5, 0.6) is 5.75 Å². The minimum absolute atomic E-state index is 0. The minimum Gasteiger partial charge on any atom is -0.497 e. The smallest absolute Gasteiger partial charge is 0.224 e. The highest BCUT2D eigenvalue weighted by Gasteiger charge is 2.03. The molecule has 120 valence electrons. The zero-order chi connectivity index (χ0) is 15.1. The number of methoxy groups -OCH3 is 1. The van der Waals surface area contributed by atoms with Crippen molar-refractivity contribution in [1.29, 1.82) is 0 Å². The molecule has 1 heterocycles. The Kier molecular flexibility index (Phi) is 7.25. The van der Waals surface area contributed by atoms with E-state index in [2.05, 4.69) is 15.3 Å². The highest BCUT2D eigenvalue weighted by atomic mass is 35.5. The van der Waals surface area contributed by atoms with Crippen molar-refractivity contribution in [2.75, 3.05) is 19.4 Å². The third-order valence-corrected chi connectivity index (χ3v) is 3.12. The number of carbonyl (C=O) groups is 1. The van der Waals surface area contributed by atoms with Crippen molar-refractivity contribution in [3.8, 4) is 5.75 Å². The number of carbonyl (C=O) groups excluding carboxylic acids is 1. The first kappa shape index (κ1) is 17.8. The highest BCUT2D eigenvalue weighted by Crippen LogP contribution is 2.11. The van der Waals surface area contributed by atoms with Gasteiger partial charge in [0.2, 0.25) is 5.91 Å². The van der Waals surface area contributed by atoms with Gasteiger partial charge in [-0.25, -0.2) is 4.98 Å². The average molecular weight is 325 g/mol. The maximum atomic E-state index is 11.8. The zero-order valence-corrected chi connectivity index (χ0v) is 13.3. The first-order valence-corrected chi connectivity index (χ1v) is 6.86. The molecular weight excluding hydrogens is 304 g/mol. The molecule has 0 fully saturated rings. The number of aryl methyl sites for hydroxylation is 1. The Balaban J connectivity index is 0.00000242. The third-order valence-electron chi connectivity index (χ3n) is 3.12. The summed E-state index contributed by atoms with van der Waals surface area (Å²) in [6.07, 6.45) is 3.75. The second-order valence-corrected chi connectivity index (χ2v) is 4.77. The molecule has 0 radical (unpaired) electrons. The third kappa shape index (κ3) is 5.65. The summed E-state index contributed by atoms with van der Waals surface area (Å²) in [4.78, 5) is 18.7. The van der Waals surface area contributed by atoms with Crippen LogP contribution in [-0.2, 0) is 17.6 Å². The molecule has 0 saturated carbocycles. The molecule has 0 aliphatic carbocycles. The van der Waals surface area contributed by atoms with E-state index in [1.54, 1.807) is 13.3 Å². The fourth-order valence-corrected chi connectivity index (χ4v) is 2.00. The largest absolute Gasteiger partial charge is 0.497 e. The number of hydrogen-bond acceptors (Lipinski definition) is 4. The van der Waals surface area contributed by atoms with E-state index in [0.29, 0.717) is 18.9 Å². The number of aromatic nitrogens is 2. The number of nitrogens with one attached hydrogen (secondary N) is 2. The minimum atomic E-state index is 0.